The quantitative estimate of drug-likeness (QED) is 0.795. The molecule has 0 heterocycles. The van der Waals surface area contributed by atoms with Crippen molar-refractivity contribution in [2.45, 2.75) is 44.7 Å². The Morgan fingerprint density at radius 3 is 2.00 bits per heavy atom. The van der Waals surface area contributed by atoms with E-state index in [1.54, 1.807) is 0 Å². The largest absolute Gasteiger partial charge is 0.352 e. The first kappa shape index (κ1) is 17.7. The molecule has 1 aliphatic rings. The topological polar surface area (TPSA) is 32.3 Å². The standard InChI is InChI=1S/C22H28N2O/c1-3-24(20-14-15-20)16-21(25)23-17(2)22(18-10-6-4-7-11-18)19-12-8-5-9-13-19/h4-13,17,20,22H,3,14-16H2,1-2H3,(H,23,25)/t17-/m0/s1. The molecule has 2 aromatic carbocycles. The first-order valence-electron chi connectivity index (χ1n) is 9.32. The van der Waals surface area contributed by atoms with Crippen molar-refractivity contribution in [2.24, 2.45) is 0 Å². The van der Waals surface area contributed by atoms with Crippen LogP contribution in [0.1, 0.15) is 43.7 Å². The highest BCUT2D eigenvalue weighted by atomic mass is 16.2. The van der Waals surface area contributed by atoms with Gasteiger partial charge in [0.1, 0.15) is 0 Å². The van der Waals surface area contributed by atoms with Crippen molar-refractivity contribution >= 4 is 5.91 Å². The highest BCUT2D eigenvalue weighted by Crippen LogP contribution is 2.28. The lowest BCUT2D eigenvalue weighted by Crippen LogP contribution is -2.44. The Morgan fingerprint density at radius 1 is 1.04 bits per heavy atom. The lowest BCUT2D eigenvalue weighted by Gasteiger charge is -2.27. The Bertz CT molecular complexity index is 627. The van der Waals surface area contributed by atoms with Gasteiger partial charge in [-0.05, 0) is 37.4 Å². The number of hydrogen-bond donors (Lipinski definition) is 1. The molecule has 1 fully saturated rings. The normalized spacial score (nSPS) is 15.4. The van der Waals surface area contributed by atoms with Gasteiger partial charge in [0.25, 0.3) is 0 Å². The monoisotopic (exact) mass is 336 g/mol. The molecular weight excluding hydrogens is 308 g/mol. The second kappa shape index (κ2) is 8.30. The molecule has 3 nitrogen and oxygen atoms in total. The van der Waals surface area contributed by atoms with E-state index < -0.39 is 0 Å². The van der Waals surface area contributed by atoms with Crippen LogP contribution >= 0.6 is 0 Å². The summed E-state index contributed by atoms with van der Waals surface area (Å²) in [5.41, 5.74) is 2.46. The molecule has 0 bridgehead atoms. The molecule has 1 atom stereocenters. The van der Waals surface area contributed by atoms with Crippen LogP contribution in [0.2, 0.25) is 0 Å². The number of carbonyl (C=O) groups is 1. The molecular formula is C22H28N2O. The number of amides is 1. The van der Waals surface area contributed by atoms with Gasteiger partial charge in [-0.15, -0.1) is 0 Å². The van der Waals surface area contributed by atoms with Crippen molar-refractivity contribution in [2.75, 3.05) is 13.1 Å². The summed E-state index contributed by atoms with van der Waals surface area (Å²) in [7, 11) is 0. The minimum Gasteiger partial charge on any atom is -0.352 e. The average molecular weight is 336 g/mol. The Hall–Kier alpha value is -2.13. The number of hydrogen-bond acceptors (Lipinski definition) is 2. The van der Waals surface area contributed by atoms with E-state index in [9.17, 15) is 4.79 Å². The maximum atomic E-state index is 12.6. The van der Waals surface area contributed by atoms with Crippen LogP contribution in [0.3, 0.4) is 0 Å². The number of rotatable bonds is 8. The average Bonchev–Trinajstić information content (AvgIpc) is 3.47. The molecule has 3 heteroatoms. The van der Waals surface area contributed by atoms with Crippen molar-refractivity contribution in [3.8, 4) is 0 Å². The number of benzene rings is 2. The molecule has 1 aliphatic carbocycles. The summed E-state index contributed by atoms with van der Waals surface area (Å²) in [6.45, 7) is 5.68. The first-order valence-corrected chi connectivity index (χ1v) is 9.32. The molecule has 0 aliphatic heterocycles. The summed E-state index contributed by atoms with van der Waals surface area (Å²) in [6, 6.07) is 21.5. The van der Waals surface area contributed by atoms with E-state index in [0.29, 0.717) is 12.6 Å². The molecule has 1 N–H and O–H groups in total. The van der Waals surface area contributed by atoms with Crippen LogP contribution in [0.5, 0.6) is 0 Å². The summed E-state index contributed by atoms with van der Waals surface area (Å²) in [5.74, 6) is 0.278. The third kappa shape index (κ3) is 4.70. The number of nitrogens with zero attached hydrogens (tertiary/aromatic N) is 1. The van der Waals surface area contributed by atoms with E-state index in [2.05, 4.69) is 72.6 Å². The summed E-state index contributed by atoms with van der Waals surface area (Å²) < 4.78 is 0. The summed E-state index contributed by atoms with van der Waals surface area (Å²) in [5, 5.41) is 3.24. The molecule has 1 saturated carbocycles. The molecule has 0 aromatic heterocycles. The van der Waals surface area contributed by atoms with E-state index in [-0.39, 0.29) is 17.9 Å². The van der Waals surface area contributed by atoms with Crippen LogP contribution < -0.4 is 5.32 Å². The third-order valence-electron chi connectivity index (χ3n) is 5.02. The minimum atomic E-state index is 0.0372. The van der Waals surface area contributed by atoms with Crippen LogP contribution in [0.4, 0.5) is 0 Å². The summed E-state index contributed by atoms with van der Waals surface area (Å²) >= 11 is 0. The minimum absolute atomic E-state index is 0.0372. The van der Waals surface area contributed by atoms with Crippen LogP contribution in [0.25, 0.3) is 0 Å². The Morgan fingerprint density at radius 2 is 1.56 bits per heavy atom. The van der Waals surface area contributed by atoms with Crippen molar-refractivity contribution in [3.05, 3.63) is 71.8 Å². The second-order valence-electron chi connectivity index (χ2n) is 6.95. The van der Waals surface area contributed by atoms with Crippen LogP contribution in [0, 0.1) is 0 Å². The number of nitrogens with one attached hydrogen (secondary N) is 1. The van der Waals surface area contributed by atoms with Crippen LogP contribution in [-0.2, 0) is 4.79 Å². The van der Waals surface area contributed by atoms with Gasteiger partial charge in [-0.3, -0.25) is 9.69 Å². The van der Waals surface area contributed by atoms with Gasteiger partial charge in [-0.2, -0.15) is 0 Å². The van der Waals surface area contributed by atoms with E-state index in [1.165, 1.54) is 24.0 Å². The van der Waals surface area contributed by atoms with E-state index in [0.717, 1.165) is 6.54 Å². The Kier molecular flexibility index (Phi) is 5.87. The van der Waals surface area contributed by atoms with Crippen molar-refractivity contribution in [3.63, 3.8) is 0 Å². The maximum Gasteiger partial charge on any atom is 0.234 e. The molecule has 25 heavy (non-hydrogen) atoms. The molecule has 0 unspecified atom stereocenters. The van der Waals surface area contributed by atoms with Gasteiger partial charge in [-0.25, -0.2) is 0 Å². The highest BCUT2D eigenvalue weighted by Gasteiger charge is 2.30. The third-order valence-corrected chi connectivity index (χ3v) is 5.02. The second-order valence-corrected chi connectivity index (χ2v) is 6.95. The fraction of sp³-hybridized carbons (Fsp3) is 0.409. The molecule has 132 valence electrons. The summed E-state index contributed by atoms with van der Waals surface area (Å²) in [4.78, 5) is 14.8. The molecule has 0 radical (unpaired) electrons. The zero-order valence-electron chi connectivity index (χ0n) is 15.2. The Balaban J connectivity index is 1.73. The Labute approximate surface area is 151 Å². The fourth-order valence-electron chi connectivity index (χ4n) is 3.60. The number of carbonyl (C=O) groups excluding carboxylic acids is 1. The highest BCUT2D eigenvalue weighted by molar-refractivity contribution is 5.78. The van der Waals surface area contributed by atoms with Gasteiger partial charge >= 0.3 is 0 Å². The predicted octanol–water partition coefficient (Wildman–Crippen LogP) is 3.81. The van der Waals surface area contributed by atoms with Gasteiger partial charge in [0.05, 0.1) is 6.54 Å². The summed E-state index contributed by atoms with van der Waals surface area (Å²) in [6.07, 6.45) is 2.46. The van der Waals surface area contributed by atoms with E-state index >= 15 is 0 Å². The zero-order valence-corrected chi connectivity index (χ0v) is 15.2. The van der Waals surface area contributed by atoms with Gasteiger partial charge in [-0.1, -0.05) is 67.6 Å². The van der Waals surface area contributed by atoms with Gasteiger partial charge in [0.2, 0.25) is 5.91 Å². The van der Waals surface area contributed by atoms with Crippen molar-refractivity contribution < 1.29 is 4.79 Å². The maximum absolute atomic E-state index is 12.6. The van der Waals surface area contributed by atoms with E-state index in [4.69, 9.17) is 0 Å². The van der Waals surface area contributed by atoms with Crippen LogP contribution in [-0.4, -0.2) is 36.0 Å². The zero-order chi connectivity index (χ0) is 17.6. The molecule has 1 amide bonds. The molecule has 0 saturated heterocycles. The SMILES string of the molecule is CCN(CC(=O)N[C@@H](C)C(c1ccccc1)c1ccccc1)C1CC1. The van der Waals surface area contributed by atoms with Gasteiger partial charge < -0.3 is 5.32 Å². The lowest BCUT2D eigenvalue weighted by molar-refractivity contribution is -0.123. The predicted molar refractivity (Wildman–Crippen MR) is 103 cm³/mol. The van der Waals surface area contributed by atoms with Crippen molar-refractivity contribution in [1.29, 1.82) is 0 Å². The fourth-order valence-corrected chi connectivity index (χ4v) is 3.60. The molecule has 0 spiro atoms. The smallest absolute Gasteiger partial charge is 0.234 e. The van der Waals surface area contributed by atoms with E-state index in [1.807, 2.05) is 12.1 Å². The molecule has 2 aromatic rings. The number of likely N-dealkylation sites (N-methyl/N-ethyl adjacent to an activating group) is 1. The first-order chi connectivity index (χ1) is 12.2. The van der Waals surface area contributed by atoms with Crippen LogP contribution in [0.15, 0.2) is 60.7 Å². The van der Waals surface area contributed by atoms with Gasteiger partial charge in [0, 0.05) is 18.0 Å². The van der Waals surface area contributed by atoms with Crippen molar-refractivity contribution in [1.82, 2.24) is 10.2 Å². The molecule has 3 rings (SSSR count). The lowest BCUT2D eigenvalue weighted by atomic mass is 9.86. The van der Waals surface area contributed by atoms with Gasteiger partial charge in [0.15, 0.2) is 0 Å².